The van der Waals surface area contributed by atoms with E-state index in [1.54, 1.807) is 18.3 Å². The number of rotatable bonds is 5. The number of carbonyl (C=O) groups excluding carboxylic acids is 3. The molecule has 0 atom stereocenters. The molecule has 0 bridgehead atoms. The molecule has 3 amide bonds. The maximum atomic E-state index is 12.8. The van der Waals surface area contributed by atoms with Gasteiger partial charge in [0.05, 0.1) is 16.9 Å². The number of nitrogens with zero attached hydrogens (tertiary/aromatic N) is 2. The van der Waals surface area contributed by atoms with Crippen molar-refractivity contribution in [3.8, 4) is 5.75 Å². The molecule has 1 fully saturated rings. The number of benzene rings is 1. The highest BCUT2D eigenvalue weighted by molar-refractivity contribution is 6.08. The lowest BCUT2D eigenvalue weighted by molar-refractivity contribution is -0.122. The van der Waals surface area contributed by atoms with E-state index >= 15 is 0 Å². The van der Waals surface area contributed by atoms with Gasteiger partial charge >= 0.3 is 0 Å². The van der Waals surface area contributed by atoms with Gasteiger partial charge in [0, 0.05) is 18.7 Å². The number of carbonyl (C=O) groups is 3. The van der Waals surface area contributed by atoms with Gasteiger partial charge < -0.3 is 25.7 Å². The van der Waals surface area contributed by atoms with Crippen LogP contribution in [0.25, 0.3) is 11.0 Å². The molecule has 4 N–H and O–H groups in total. The normalized spacial score (nSPS) is 15.4. The highest BCUT2D eigenvalue weighted by Gasteiger charge is 2.26. The van der Waals surface area contributed by atoms with Crippen LogP contribution in [0.5, 0.6) is 5.75 Å². The summed E-state index contributed by atoms with van der Waals surface area (Å²) < 4.78 is 5.34. The molecule has 0 radical (unpaired) electrons. The fourth-order valence-corrected chi connectivity index (χ4v) is 3.62. The minimum atomic E-state index is -0.385. The molecular weight excluding hydrogens is 400 g/mol. The van der Waals surface area contributed by atoms with Crippen molar-refractivity contribution in [1.82, 2.24) is 20.3 Å². The molecule has 1 saturated carbocycles. The Balaban J connectivity index is 1.30. The second kappa shape index (κ2) is 7.71. The first-order chi connectivity index (χ1) is 15.1. The number of aromatic nitrogens is 3. The van der Waals surface area contributed by atoms with Crippen molar-refractivity contribution in [1.29, 1.82) is 0 Å². The van der Waals surface area contributed by atoms with Crippen molar-refractivity contribution in [3.63, 3.8) is 0 Å². The molecule has 0 unspecified atom stereocenters. The molecule has 1 aromatic carbocycles. The second-order valence-corrected chi connectivity index (χ2v) is 7.62. The van der Waals surface area contributed by atoms with Crippen molar-refractivity contribution >= 4 is 40.1 Å². The van der Waals surface area contributed by atoms with Crippen LogP contribution in [0, 0.1) is 5.92 Å². The van der Waals surface area contributed by atoms with Crippen LogP contribution in [0.15, 0.2) is 30.7 Å². The molecule has 3 heterocycles. The Morgan fingerprint density at radius 3 is 2.90 bits per heavy atom. The first-order valence-electron chi connectivity index (χ1n) is 10.0. The van der Waals surface area contributed by atoms with E-state index in [4.69, 9.17) is 4.74 Å². The molecule has 2 aliphatic rings. The van der Waals surface area contributed by atoms with Crippen LogP contribution < -0.4 is 20.7 Å². The van der Waals surface area contributed by atoms with E-state index in [1.165, 1.54) is 6.33 Å². The lowest BCUT2D eigenvalue weighted by Gasteiger charge is -2.23. The third-order valence-corrected chi connectivity index (χ3v) is 5.54. The number of fused-ring (bicyclic) bond motifs is 2. The van der Waals surface area contributed by atoms with E-state index < -0.39 is 0 Å². The molecule has 2 aromatic heterocycles. The lowest BCUT2D eigenvalue weighted by Crippen LogP contribution is -2.28. The fourth-order valence-electron chi connectivity index (χ4n) is 3.62. The predicted octanol–water partition coefficient (Wildman–Crippen LogP) is 1.96. The lowest BCUT2D eigenvalue weighted by atomic mass is 9.85. The average Bonchev–Trinajstić information content (AvgIpc) is 3.13. The van der Waals surface area contributed by atoms with Gasteiger partial charge in [0.15, 0.2) is 12.3 Å². The van der Waals surface area contributed by atoms with Crippen LogP contribution in [0.1, 0.15) is 35.3 Å². The van der Waals surface area contributed by atoms with Gasteiger partial charge in [-0.3, -0.25) is 14.4 Å². The number of H-pyrrole nitrogens is 1. The minimum Gasteiger partial charge on any atom is -0.482 e. The predicted molar refractivity (Wildman–Crippen MR) is 112 cm³/mol. The Hall–Kier alpha value is -3.95. The summed E-state index contributed by atoms with van der Waals surface area (Å²) in [5.41, 5.74) is 3.03. The van der Waals surface area contributed by atoms with Gasteiger partial charge in [0.2, 0.25) is 5.91 Å². The van der Waals surface area contributed by atoms with Crippen LogP contribution in [-0.4, -0.2) is 39.3 Å². The molecule has 0 saturated heterocycles. The molecule has 31 heavy (non-hydrogen) atoms. The van der Waals surface area contributed by atoms with E-state index in [9.17, 15) is 14.4 Å². The SMILES string of the molecule is O=C1COc2ccc(CNC(=O)c3ncnc4c(NC(=O)C5CCC5)c[nH]c34)cc2N1. The summed E-state index contributed by atoms with van der Waals surface area (Å²) in [4.78, 5) is 47.8. The fraction of sp³-hybridized carbons (Fsp3) is 0.286. The zero-order valence-corrected chi connectivity index (χ0v) is 16.5. The molecule has 0 spiro atoms. The number of hydrogen-bond acceptors (Lipinski definition) is 6. The number of nitrogens with one attached hydrogen (secondary N) is 4. The van der Waals surface area contributed by atoms with Gasteiger partial charge in [-0.05, 0) is 30.5 Å². The van der Waals surface area contributed by atoms with Crippen LogP contribution in [-0.2, 0) is 16.1 Å². The Bertz CT molecular complexity index is 1200. The number of aromatic amines is 1. The first-order valence-corrected chi connectivity index (χ1v) is 10.0. The van der Waals surface area contributed by atoms with E-state index in [-0.39, 0.29) is 42.5 Å². The molecule has 1 aliphatic heterocycles. The van der Waals surface area contributed by atoms with Crippen LogP contribution >= 0.6 is 0 Å². The monoisotopic (exact) mass is 420 g/mol. The standard InChI is InChI=1S/C21H20N6O4/c28-16-9-31-15-5-4-11(6-13(15)26-16)7-23-21(30)19-18-17(24-10-25-19)14(8-22-18)27-20(29)12-2-1-3-12/h4-6,8,10,12,22H,1-3,7,9H2,(H,23,30)(H,26,28)(H,27,29). The van der Waals surface area contributed by atoms with Gasteiger partial charge in [-0.2, -0.15) is 0 Å². The van der Waals surface area contributed by atoms with Crippen molar-refractivity contribution in [2.24, 2.45) is 5.92 Å². The highest BCUT2D eigenvalue weighted by Crippen LogP contribution is 2.30. The summed E-state index contributed by atoms with van der Waals surface area (Å²) in [6.45, 7) is 0.228. The van der Waals surface area contributed by atoms with Gasteiger partial charge in [0.25, 0.3) is 11.8 Å². The van der Waals surface area contributed by atoms with E-state index in [1.807, 2.05) is 6.07 Å². The Kier molecular flexibility index (Phi) is 4.73. The third kappa shape index (κ3) is 3.67. The van der Waals surface area contributed by atoms with E-state index in [0.717, 1.165) is 24.8 Å². The van der Waals surface area contributed by atoms with Crippen molar-refractivity contribution in [2.45, 2.75) is 25.8 Å². The van der Waals surface area contributed by atoms with Gasteiger partial charge in [-0.25, -0.2) is 9.97 Å². The average molecular weight is 420 g/mol. The third-order valence-electron chi connectivity index (χ3n) is 5.54. The van der Waals surface area contributed by atoms with Crippen molar-refractivity contribution < 1.29 is 19.1 Å². The highest BCUT2D eigenvalue weighted by atomic mass is 16.5. The largest absolute Gasteiger partial charge is 0.482 e. The molecular formula is C21H20N6O4. The molecule has 10 heteroatoms. The second-order valence-electron chi connectivity index (χ2n) is 7.62. The first kappa shape index (κ1) is 19.0. The van der Waals surface area contributed by atoms with Gasteiger partial charge in [0.1, 0.15) is 17.6 Å². The molecule has 3 aromatic rings. The summed E-state index contributed by atoms with van der Waals surface area (Å²) in [6, 6.07) is 5.32. The van der Waals surface area contributed by atoms with Crippen molar-refractivity contribution in [2.75, 3.05) is 17.2 Å². The summed E-state index contributed by atoms with van der Waals surface area (Å²) in [5.74, 6) is 0.00443. The smallest absolute Gasteiger partial charge is 0.272 e. The Morgan fingerprint density at radius 1 is 1.23 bits per heavy atom. The zero-order chi connectivity index (χ0) is 21.4. The topological polar surface area (TPSA) is 138 Å². The van der Waals surface area contributed by atoms with Gasteiger partial charge in [-0.1, -0.05) is 12.5 Å². The maximum Gasteiger partial charge on any atom is 0.272 e. The van der Waals surface area contributed by atoms with Gasteiger partial charge in [-0.15, -0.1) is 0 Å². The van der Waals surface area contributed by atoms with E-state index in [2.05, 4.69) is 30.9 Å². The molecule has 10 nitrogen and oxygen atoms in total. The Labute approximate surface area is 176 Å². The molecule has 5 rings (SSSR count). The van der Waals surface area contributed by atoms with Crippen LogP contribution in [0.4, 0.5) is 11.4 Å². The number of hydrogen-bond donors (Lipinski definition) is 4. The molecule has 1 aliphatic carbocycles. The zero-order valence-electron chi connectivity index (χ0n) is 16.5. The minimum absolute atomic E-state index is 0.00790. The number of anilines is 2. The van der Waals surface area contributed by atoms with Crippen molar-refractivity contribution in [3.05, 3.63) is 42.0 Å². The van der Waals surface area contributed by atoms with Crippen LogP contribution in [0.2, 0.25) is 0 Å². The summed E-state index contributed by atoms with van der Waals surface area (Å²) in [5, 5.41) is 8.45. The maximum absolute atomic E-state index is 12.8. The van der Waals surface area contributed by atoms with Crippen LogP contribution in [0.3, 0.4) is 0 Å². The van der Waals surface area contributed by atoms with E-state index in [0.29, 0.717) is 28.2 Å². The summed E-state index contributed by atoms with van der Waals surface area (Å²) in [6.07, 6.45) is 5.79. The quantitative estimate of drug-likeness (QED) is 0.498. The Morgan fingerprint density at radius 2 is 2.10 bits per heavy atom. The summed E-state index contributed by atoms with van der Waals surface area (Å²) in [7, 11) is 0. The number of ether oxygens (including phenoxy) is 1. The summed E-state index contributed by atoms with van der Waals surface area (Å²) >= 11 is 0. The molecule has 158 valence electrons. The number of amides is 3.